The number of hydrogen-bond donors (Lipinski definition) is 1. The first-order valence-corrected chi connectivity index (χ1v) is 9.63. The molecule has 0 aliphatic heterocycles. The summed E-state index contributed by atoms with van der Waals surface area (Å²) in [5.41, 5.74) is 6.18. The van der Waals surface area contributed by atoms with Crippen LogP contribution in [0.3, 0.4) is 0 Å². The number of anilines is 1. The van der Waals surface area contributed by atoms with Gasteiger partial charge in [0.25, 0.3) is 0 Å². The van der Waals surface area contributed by atoms with E-state index in [1.165, 1.54) is 0 Å². The molecule has 2 N–H and O–H groups in total. The van der Waals surface area contributed by atoms with Crippen LogP contribution < -0.4 is 5.73 Å². The van der Waals surface area contributed by atoms with Gasteiger partial charge in [0.2, 0.25) is 0 Å². The Hall–Kier alpha value is 1.58. The fourth-order valence-corrected chi connectivity index (χ4v) is 0.453. The van der Waals surface area contributed by atoms with Crippen molar-refractivity contribution < 1.29 is 32.7 Å². The van der Waals surface area contributed by atoms with E-state index in [2.05, 4.69) is 37.2 Å². The van der Waals surface area contributed by atoms with E-state index >= 15 is 0 Å². The van der Waals surface area contributed by atoms with Gasteiger partial charge < -0.3 is 13.2 Å². The van der Waals surface area contributed by atoms with Crippen LogP contribution in [0.1, 0.15) is 13.8 Å². The third-order valence-corrected chi connectivity index (χ3v) is 0.800. The van der Waals surface area contributed by atoms with Crippen LogP contribution in [0.5, 0.6) is 0 Å². The quantitative estimate of drug-likeness (QED) is 0.330. The fraction of sp³-hybridized carbons (Fsp3) is 0.222. The van der Waals surface area contributed by atoms with Gasteiger partial charge in [-0.1, -0.05) is 32.0 Å². The van der Waals surface area contributed by atoms with Gasteiger partial charge >= 0.3 is 0 Å². The summed E-state index contributed by atoms with van der Waals surface area (Å²) in [6.07, 6.45) is 0. The van der Waals surface area contributed by atoms with Crippen LogP contribution in [0, 0.1) is 7.43 Å². The van der Waals surface area contributed by atoms with E-state index in [0.29, 0.717) is 0 Å². The van der Waals surface area contributed by atoms with Crippen LogP contribution in [0.4, 0.5) is 5.69 Å². The minimum absolute atomic E-state index is 0. The minimum Gasteiger partial charge on any atom is -0.399 e. The molecule has 0 aliphatic rings. The Labute approximate surface area is 131 Å². The van der Waals surface area contributed by atoms with Gasteiger partial charge in [0.1, 0.15) is 0 Å². The number of para-hydroxylation sites is 1. The normalized spacial score (nSPS) is 5.54. The molecular weight excluding hydrogens is 465 g/mol. The van der Waals surface area contributed by atoms with Crippen LogP contribution >= 0.6 is 37.2 Å². The minimum atomic E-state index is 0. The Balaban J connectivity index is -0.0000000607. The number of hydrogen-bond acceptors (Lipinski definition) is 1. The topological polar surface area (TPSA) is 26.0 Å². The predicted molar refractivity (Wildman–Crippen MR) is 76.7 cm³/mol. The second kappa shape index (κ2) is 23.4. The Bertz CT molecular complexity index is 148. The van der Waals surface area contributed by atoms with E-state index in [1.54, 1.807) is 0 Å². The maximum Gasteiger partial charge on any atom is 0.0313 e. The molecule has 0 aromatic heterocycles. The predicted octanol–water partition coefficient (Wildman–Crippen LogP) is 4.51. The smallest absolute Gasteiger partial charge is 0.0313 e. The molecule has 0 saturated carbocycles. The van der Waals surface area contributed by atoms with E-state index in [9.17, 15) is 0 Å². The summed E-state index contributed by atoms with van der Waals surface area (Å²) in [4.78, 5) is 0. The standard InChI is InChI=1S/C6H7N.C2H6.CH3.I2.Y/c7-6-4-2-1-3-5-6;1-2;;1-2;/h1-5H,7H2;1-2H3;1H3;;/q;;-1;;. The van der Waals surface area contributed by atoms with Crippen molar-refractivity contribution in [3.63, 3.8) is 0 Å². The summed E-state index contributed by atoms with van der Waals surface area (Å²) >= 11 is 4.24. The van der Waals surface area contributed by atoms with Crippen molar-refractivity contribution in [3.05, 3.63) is 37.8 Å². The third kappa shape index (κ3) is 19.8. The van der Waals surface area contributed by atoms with Crippen molar-refractivity contribution in [3.8, 4) is 0 Å². The molecule has 0 amide bonds. The van der Waals surface area contributed by atoms with Gasteiger partial charge in [-0.15, -0.1) is 0 Å². The summed E-state index contributed by atoms with van der Waals surface area (Å²) in [5, 5.41) is 0. The first-order chi connectivity index (χ1) is 5.39. The van der Waals surface area contributed by atoms with Gasteiger partial charge in [-0.25, -0.2) is 0 Å². The molecule has 75 valence electrons. The molecule has 0 fully saturated rings. The summed E-state index contributed by atoms with van der Waals surface area (Å²) in [5.74, 6) is 0. The molecule has 1 radical (unpaired) electrons. The average molecular weight is 481 g/mol. The van der Waals surface area contributed by atoms with Gasteiger partial charge in [0.05, 0.1) is 0 Å². The van der Waals surface area contributed by atoms with E-state index < -0.39 is 0 Å². The van der Waals surface area contributed by atoms with Gasteiger partial charge in [-0.3, -0.25) is 0 Å². The maximum atomic E-state index is 5.36. The monoisotopic (exact) mass is 481 g/mol. The van der Waals surface area contributed by atoms with Gasteiger partial charge in [0, 0.05) is 75.6 Å². The Morgan fingerprint density at radius 2 is 1.31 bits per heavy atom. The average Bonchev–Trinajstić information content (AvgIpc) is 2.13. The summed E-state index contributed by atoms with van der Waals surface area (Å²) < 4.78 is 0. The molecule has 0 atom stereocenters. The van der Waals surface area contributed by atoms with Crippen molar-refractivity contribution in [2.45, 2.75) is 13.8 Å². The molecule has 1 rings (SSSR count). The molecule has 0 heterocycles. The van der Waals surface area contributed by atoms with Crippen LogP contribution in [0.25, 0.3) is 0 Å². The summed E-state index contributed by atoms with van der Waals surface area (Å²) in [7, 11) is 0. The van der Waals surface area contributed by atoms with Gasteiger partial charge in [-0.05, 0) is 12.1 Å². The van der Waals surface area contributed by atoms with Crippen molar-refractivity contribution in [2.24, 2.45) is 0 Å². The van der Waals surface area contributed by atoms with E-state index in [0.717, 1.165) is 5.69 Å². The first kappa shape index (κ1) is 24.0. The van der Waals surface area contributed by atoms with Crippen LogP contribution in [0.15, 0.2) is 30.3 Å². The second-order valence-electron chi connectivity index (χ2n) is 1.41. The zero-order valence-corrected chi connectivity index (χ0v) is 15.5. The number of nitrogens with two attached hydrogens (primary N) is 1. The zero-order valence-electron chi connectivity index (χ0n) is 8.30. The molecule has 4 heteroatoms. The van der Waals surface area contributed by atoms with Crippen LogP contribution in [-0.2, 0) is 32.7 Å². The molecular formula is C9H16I2NY-. The van der Waals surface area contributed by atoms with E-state index in [4.69, 9.17) is 5.73 Å². The number of halogens is 2. The van der Waals surface area contributed by atoms with E-state index in [1.807, 2.05) is 44.2 Å². The summed E-state index contributed by atoms with van der Waals surface area (Å²) in [6, 6.07) is 9.49. The molecule has 0 unspecified atom stereocenters. The Kier molecular flexibility index (Phi) is 43.3. The molecule has 0 aliphatic carbocycles. The van der Waals surface area contributed by atoms with Crippen molar-refractivity contribution in [1.82, 2.24) is 0 Å². The SMILES string of the molecule is CC.II.Nc1ccccc1.[CH3-].[Y]. The molecule has 1 aromatic rings. The number of rotatable bonds is 0. The molecule has 13 heavy (non-hydrogen) atoms. The maximum absolute atomic E-state index is 5.36. The van der Waals surface area contributed by atoms with Crippen molar-refractivity contribution >= 4 is 42.9 Å². The van der Waals surface area contributed by atoms with E-state index in [-0.39, 0.29) is 40.1 Å². The third-order valence-electron chi connectivity index (χ3n) is 0.800. The zero-order chi connectivity index (χ0) is 9.11. The van der Waals surface area contributed by atoms with Crippen LogP contribution in [0.2, 0.25) is 0 Å². The first-order valence-electron chi connectivity index (χ1n) is 3.34. The molecule has 0 bridgehead atoms. The molecule has 0 spiro atoms. The number of benzene rings is 1. The van der Waals surface area contributed by atoms with Crippen molar-refractivity contribution in [2.75, 3.05) is 5.73 Å². The Morgan fingerprint density at radius 1 is 1.00 bits per heavy atom. The van der Waals surface area contributed by atoms with Gasteiger partial charge in [0.15, 0.2) is 0 Å². The fourth-order valence-electron chi connectivity index (χ4n) is 0.453. The summed E-state index contributed by atoms with van der Waals surface area (Å²) in [6.45, 7) is 4.00. The van der Waals surface area contributed by atoms with Gasteiger partial charge in [-0.2, -0.15) is 0 Å². The largest absolute Gasteiger partial charge is 0.399 e. The molecule has 0 saturated heterocycles. The number of nitrogen functional groups attached to an aromatic ring is 1. The molecule has 1 nitrogen and oxygen atoms in total. The van der Waals surface area contributed by atoms with Crippen molar-refractivity contribution in [1.29, 1.82) is 0 Å². The second-order valence-corrected chi connectivity index (χ2v) is 1.41. The Morgan fingerprint density at radius 3 is 1.46 bits per heavy atom. The van der Waals surface area contributed by atoms with Crippen LogP contribution in [-0.4, -0.2) is 0 Å². The molecule has 1 aromatic carbocycles.